The number of nitrogens with one attached hydrogen (secondary N) is 2. The Morgan fingerprint density at radius 1 is 0.893 bits per heavy atom. The van der Waals surface area contributed by atoms with Crippen molar-refractivity contribution in [2.75, 3.05) is 17.2 Å². The Balaban J connectivity index is 1.51. The maximum absolute atomic E-state index is 12.9. The highest BCUT2D eigenvalue weighted by molar-refractivity contribution is 6.30. The number of rotatable bonds is 6. The number of halogens is 2. The number of ether oxygens (including phenoxy) is 1. The van der Waals surface area contributed by atoms with Crippen LogP contribution in [0.4, 0.5) is 15.8 Å². The Morgan fingerprint density at radius 2 is 1.61 bits per heavy atom. The molecule has 0 bridgehead atoms. The Kier molecular flexibility index (Phi) is 6.24. The van der Waals surface area contributed by atoms with Gasteiger partial charge in [0.1, 0.15) is 11.6 Å². The van der Waals surface area contributed by atoms with Crippen LogP contribution in [-0.4, -0.2) is 18.4 Å². The molecule has 5 nitrogen and oxygen atoms in total. The van der Waals surface area contributed by atoms with E-state index in [0.717, 1.165) is 0 Å². The van der Waals surface area contributed by atoms with Gasteiger partial charge in [-0.15, -0.1) is 0 Å². The number of carbonyl (C=O) groups is 2. The van der Waals surface area contributed by atoms with E-state index in [1.807, 2.05) is 0 Å². The number of amides is 2. The topological polar surface area (TPSA) is 67.4 Å². The molecule has 0 aliphatic rings. The highest BCUT2D eigenvalue weighted by atomic mass is 35.5. The van der Waals surface area contributed by atoms with Crippen molar-refractivity contribution >= 4 is 34.8 Å². The summed E-state index contributed by atoms with van der Waals surface area (Å²) < 4.78 is 18.3. The molecule has 28 heavy (non-hydrogen) atoms. The first-order chi connectivity index (χ1) is 13.5. The predicted molar refractivity (Wildman–Crippen MR) is 106 cm³/mol. The molecule has 0 spiro atoms. The zero-order valence-corrected chi connectivity index (χ0v) is 15.4. The highest BCUT2D eigenvalue weighted by Crippen LogP contribution is 2.16. The smallest absolute Gasteiger partial charge is 0.262 e. The van der Waals surface area contributed by atoms with Crippen LogP contribution in [0, 0.1) is 5.82 Å². The third kappa shape index (κ3) is 5.56. The zero-order chi connectivity index (χ0) is 19.9. The number of anilines is 2. The molecule has 0 saturated heterocycles. The minimum Gasteiger partial charge on any atom is -0.484 e. The van der Waals surface area contributed by atoms with E-state index in [1.54, 1.807) is 48.5 Å². The molecule has 0 radical (unpaired) electrons. The largest absolute Gasteiger partial charge is 0.484 e. The van der Waals surface area contributed by atoms with Crippen molar-refractivity contribution in [2.45, 2.75) is 0 Å². The summed E-state index contributed by atoms with van der Waals surface area (Å²) in [5.74, 6) is -0.601. The van der Waals surface area contributed by atoms with Crippen LogP contribution in [0.5, 0.6) is 5.75 Å². The van der Waals surface area contributed by atoms with Crippen LogP contribution < -0.4 is 15.4 Å². The second kappa shape index (κ2) is 9.01. The average molecular weight is 399 g/mol. The van der Waals surface area contributed by atoms with Crippen LogP contribution in [-0.2, 0) is 4.79 Å². The molecule has 0 saturated carbocycles. The zero-order valence-electron chi connectivity index (χ0n) is 14.6. The molecule has 0 aromatic heterocycles. The van der Waals surface area contributed by atoms with E-state index in [-0.39, 0.29) is 24.2 Å². The summed E-state index contributed by atoms with van der Waals surface area (Å²) in [5, 5.41) is 5.86. The van der Waals surface area contributed by atoms with Gasteiger partial charge in [-0.25, -0.2) is 4.39 Å². The first-order valence-corrected chi connectivity index (χ1v) is 8.72. The lowest BCUT2D eigenvalue weighted by Crippen LogP contribution is -2.20. The van der Waals surface area contributed by atoms with Gasteiger partial charge < -0.3 is 15.4 Å². The van der Waals surface area contributed by atoms with Crippen molar-refractivity contribution in [1.82, 2.24) is 0 Å². The number of benzene rings is 3. The average Bonchev–Trinajstić information content (AvgIpc) is 2.68. The van der Waals surface area contributed by atoms with E-state index in [9.17, 15) is 14.0 Å². The van der Waals surface area contributed by atoms with Crippen molar-refractivity contribution < 1.29 is 18.7 Å². The molecular formula is C21H16ClFN2O3. The molecule has 2 amide bonds. The van der Waals surface area contributed by atoms with E-state index in [0.29, 0.717) is 27.7 Å². The molecule has 0 aliphatic carbocycles. The highest BCUT2D eigenvalue weighted by Gasteiger charge is 2.08. The lowest BCUT2D eigenvalue weighted by molar-refractivity contribution is -0.118. The van der Waals surface area contributed by atoms with Gasteiger partial charge in [0.05, 0.1) is 0 Å². The van der Waals surface area contributed by atoms with Crippen molar-refractivity contribution in [3.8, 4) is 5.75 Å². The molecule has 0 atom stereocenters. The van der Waals surface area contributed by atoms with Crippen molar-refractivity contribution in [3.63, 3.8) is 0 Å². The van der Waals surface area contributed by atoms with Gasteiger partial charge in [-0.2, -0.15) is 0 Å². The lowest BCUT2D eigenvalue weighted by atomic mass is 10.2. The normalized spacial score (nSPS) is 10.2. The molecule has 0 unspecified atom stereocenters. The fraction of sp³-hybridized carbons (Fsp3) is 0.0476. The van der Waals surface area contributed by atoms with Crippen LogP contribution in [0.3, 0.4) is 0 Å². The molecule has 0 aliphatic heterocycles. The molecule has 0 heterocycles. The minimum atomic E-state index is -0.376. The molecule has 2 N–H and O–H groups in total. The molecule has 3 aromatic carbocycles. The summed E-state index contributed by atoms with van der Waals surface area (Å²) >= 11 is 5.87. The van der Waals surface area contributed by atoms with E-state index in [2.05, 4.69) is 10.6 Å². The second-order valence-corrected chi connectivity index (χ2v) is 6.27. The van der Waals surface area contributed by atoms with E-state index in [4.69, 9.17) is 16.3 Å². The summed E-state index contributed by atoms with van der Waals surface area (Å²) in [6.45, 7) is -0.187. The predicted octanol–water partition coefficient (Wildman–Crippen LogP) is 4.75. The molecule has 3 rings (SSSR count). The Hall–Kier alpha value is -3.38. The summed E-state index contributed by atoms with van der Waals surface area (Å²) in [5.41, 5.74) is 1.47. The Bertz CT molecular complexity index is 976. The first-order valence-electron chi connectivity index (χ1n) is 8.35. The summed E-state index contributed by atoms with van der Waals surface area (Å²) in [6, 6.07) is 18.6. The van der Waals surface area contributed by atoms with Crippen LogP contribution in [0.15, 0.2) is 72.8 Å². The fourth-order valence-corrected chi connectivity index (χ4v) is 2.54. The van der Waals surface area contributed by atoms with E-state index in [1.165, 1.54) is 24.3 Å². The maximum atomic E-state index is 12.9. The third-order valence-electron chi connectivity index (χ3n) is 3.70. The lowest BCUT2D eigenvalue weighted by Gasteiger charge is -2.09. The van der Waals surface area contributed by atoms with Gasteiger partial charge in [-0.3, -0.25) is 9.59 Å². The standard InChI is InChI=1S/C21H16ClFN2O3/c22-15-2-1-3-18(12-15)24-20(26)13-28-19-10-4-14(5-11-19)21(27)25-17-8-6-16(23)7-9-17/h1-12H,13H2,(H,24,26)(H,25,27). The number of hydrogen-bond donors (Lipinski definition) is 2. The van der Waals surface area contributed by atoms with E-state index >= 15 is 0 Å². The molecule has 7 heteroatoms. The van der Waals surface area contributed by atoms with Crippen LogP contribution in [0.1, 0.15) is 10.4 Å². The third-order valence-corrected chi connectivity index (χ3v) is 3.93. The van der Waals surface area contributed by atoms with Crippen molar-refractivity contribution in [3.05, 3.63) is 89.2 Å². The molecule has 0 fully saturated rings. The van der Waals surface area contributed by atoms with E-state index < -0.39 is 0 Å². The van der Waals surface area contributed by atoms with Crippen LogP contribution in [0.2, 0.25) is 5.02 Å². The number of carbonyl (C=O) groups excluding carboxylic acids is 2. The maximum Gasteiger partial charge on any atom is 0.262 e. The SMILES string of the molecule is O=C(COc1ccc(C(=O)Nc2ccc(F)cc2)cc1)Nc1cccc(Cl)c1. The monoisotopic (exact) mass is 398 g/mol. The van der Waals surface area contributed by atoms with Gasteiger partial charge in [-0.05, 0) is 66.7 Å². The molecule has 142 valence electrons. The van der Waals surface area contributed by atoms with Crippen molar-refractivity contribution in [2.24, 2.45) is 0 Å². The molecule has 3 aromatic rings. The summed E-state index contributed by atoms with van der Waals surface area (Å²) in [4.78, 5) is 24.1. The summed E-state index contributed by atoms with van der Waals surface area (Å²) in [7, 11) is 0. The first kappa shape index (κ1) is 19.4. The van der Waals surface area contributed by atoms with Gasteiger partial charge in [0.15, 0.2) is 6.61 Å². The second-order valence-electron chi connectivity index (χ2n) is 5.83. The summed E-state index contributed by atoms with van der Waals surface area (Å²) in [6.07, 6.45) is 0. The van der Waals surface area contributed by atoms with Gasteiger partial charge in [0, 0.05) is 22.0 Å². The minimum absolute atomic E-state index is 0.187. The van der Waals surface area contributed by atoms with Crippen LogP contribution in [0.25, 0.3) is 0 Å². The number of hydrogen-bond acceptors (Lipinski definition) is 3. The van der Waals surface area contributed by atoms with Gasteiger partial charge in [-0.1, -0.05) is 17.7 Å². The Labute approximate surface area is 166 Å². The van der Waals surface area contributed by atoms with Crippen molar-refractivity contribution in [1.29, 1.82) is 0 Å². The quantitative estimate of drug-likeness (QED) is 0.629. The molecular weight excluding hydrogens is 383 g/mol. The fourth-order valence-electron chi connectivity index (χ4n) is 2.35. The van der Waals surface area contributed by atoms with Crippen LogP contribution >= 0.6 is 11.6 Å². The van der Waals surface area contributed by atoms with Gasteiger partial charge in [0.25, 0.3) is 11.8 Å². The van der Waals surface area contributed by atoms with Gasteiger partial charge >= 0.3 is 0 Å². The van der Waals surface area contributed by atoms with Gasteiger partial charge in [0.2, 0.25) is 0 Å². The Morgan fingerprint density at radius 3 is 2.29 bits per heavy atom.